The zero-order valence-electron chi connectivity index (χ0n) is 10.1. The van der Waals surface area contributed by atoms with Gasteiger partial charge in [0.25, 0.3) is 0 Å². The fraction of sp³-hybridized carbons (Fsp3) is 0.308. The van der Waals surface area contributed by atoms with Crippen LogP contribution >= 0.6 is 15.9 Å². The molecule has 1 heterocycles. The van der Waals surface area contributed by atoms with E-state index in [1.165, 1.54) is 6.07 Å². The van der Waals surface area contributed by atoms with Crippen molar-refractivity contribution in [2.45, 2.75) is 27.3 Å². The van der Waals surface area contributed by atoms with Gasteiger partial charge >= 0.3 is 0 Å². The third-order valence-corrected chi connectivity index (χ3v) is 4.07. The molecule has 0 unspecified atom stereocenters. The van der Waals surface area contributed by atoms with E-state index in [9.17, 15) is 4.39 Å². The number of aromatic nitrogens is 2. The maximum atomic E-state index is 13.2. The van der Waals surface area contributed by atoms with E-state index in [4.69, 9.17) is 0 Å². The maximum absolute atomic E-state index is 13.2. The summed E-state index contributed by atoms with van der Waals surface area (Å²) in [6, 6.07) is 4.85. The van der Waals surface area contributed by atoms with E-state index in [1.807, 2.05) is 25.5 Å². The van der Waals surface area contributed by atoms with Crippen molar-refractivity contribution < 1.29 is 4.39 Å². The van der Waals surface area contributed by atoms with Crippen LogP contribution in [0.4, 0.5) is 4.39 Å². The largest absolute Gasteiger partial charge is 0.264 e. The molecule has 0 amide bonds. The topological polar surface area (TPSA) is 17.8 Å². The van der Waals surface area contributed by atoms with Gasteiger partial charge in [0.05, 0.1) is 22.4 Å². The Morgan fingerprint density at radius 3 is 2.59 bits per heavy atom. The zero-order chi connectivity index (χ0) is 12.6. The average Bonchev–Trinajstić information content (AvgIpc) is 2.52. The molecule has 0 aliphatic rings. The van der Waals surface area contributed by atoms with E-state index >= 15 is 0 Å². The molecule has 0 bridgehead atoms. The van der Waals surface area contributed by atoms with Crippen LogP contribution in [0.3, 0.4) is 0 Å². The van der Waals surface area contributed by atoms with Crippen molar-refractivity contribution in [2.75, 3.05) is 0 Å². The lowest BCUT2D eigenvalue weighted by molar-refractivity contribution is 0.614. The summed E-state index contributed by atoms with van der Waals surface area (Å²) in [6.45, 7) is 6.53. The Hall–Kier alpha value is -1.16. The zero-order valence-corrected chi connectivity index (χ0v) is 11.7. The molecule has 1 aromatic heterocycles. The van der Waals surface area contributed by atoms with Crippen molar-refractivity contribution in [1.29, 1.82) is 0 Å². The molecular weight excluding hydrogens is 283 g/mol. The highest BCUT2D eigenvalue weighted by molar-refractivity contribution is 9.10. The van der Waals surface area contributed by atoms with Gasteiger partial charge in [0.2, 0.25) is 0 Å². The van der Waals surface area contributed by atoms with E-state index in [-0.39, 0.29) is 5.82 Å². The summed E-state index contributed by atoms with van der Waals surface area (Å²) in [5.41, 5.74) is 4.06. The summed E-state index contributed by atoms with van der Waals surface area (Å²) < 4.78 is 16.1. The monoisotopic (exact) mass is 296 g/mol. The molecule has 0 spiro atoms. The Bertz CT molecular complexity index is 561. The van der Waals surface area contributed by atoms with Crippen molar-refractivity contribution in [1.82, 2.24) is 9.78 Å². The molecule has 2 aromatic rings. The SMILES string of the molecule is Cc1ccc(F)cc1Cn1nc(C)c(Br)c1C. The Morgan fingerprint density at radius 1 is 1.29 bits per heavy atom. The van der Waals surface area contributed by atoms with Crippen LogP contribution in [0.2, 0.25) is 0 Å². The molecule has 2 rings (SSSR count). The summed E-state index contributed by atoms with van der Waals surface area (Å²) in [5, 5.41) is 4.42. The molecule has 0 aliphatic heterocycles. The second-order valence-corrected chi connectivity index (χ2v) is 5.01. The number of aryl methyl sites for hydroxylation is 2. The molecule has 17 heavy (non-hydrogen) atoms. The van der Waals surface area contributed by atoms with Gasteiger partial charge in [-0.3, -0.25) is 4.68 Å². The van der Waals surface area contributed by atoms with Crippen LogP contribution in [0.15, 0.2) is 22.7 Å². The lowest BCUT2D eigenvalue weighted by Gasteiger charge is -2.08. The first-order valence-electron chi connectivity index (χ1n) is 5.43. The van der Waals surface area contributed by atoms with Crippen LogP contribution in [-0.2, 0) is 6.54 Å². The highest BCUT2D eigenvalue weighted by atomic mass is 79.9. The Labute approximate surface area is 109 Å². The summed E-state index contributed by atoms with van der Waals surface area (Å²) in [4.78, 5) is 0. The molecule has 2 nitrogen and oxygen atoms in total. The van der Waals surface area contributed by atoms with Gasteiger partial charge in [-0.05, 0) is 60.0 Å². The van der Waals surface area contributed by atoms with Crippen molar-refractivity contribution in [2.24, 2.45) is 0 Å². The fourth-order valence-corrected chi connectivity index (χ4v) is 2.08. The molecule has 4 heteroatoms. The lowest BCUT2D eigenvalue weighted by Crippen LogP contribution is -2.05. The standard InChI is InChI=1S/C13H14BrFN2/c1-8-4-5-12(15)6-11(8)7-17-10(3)13(14)9(2)16-17/h4-6H,7H2,1-3H3. The Kier molecular flexibility index (Phi) is 3.33. The number of nitrogens with zero attached hydrogens (tertiary/aromatic N) is 2. The van der Waals surface area contributed by atoms with Gasteiger partial charge in [-0.15, -0.1) is 0 Å². The fourth-order valence-electron chi connectivity index (χ4n) is 1.80. The number of hydrogen-bond donors (Lipinski definition) is 0. The minimum Gasteiger partial charge on any atom is -0.264 e. The second-order valence-electron chi connectivity index (χ2n) is 4.21. The quantitative estimate of drug-likeness (QED) is 0.825. The first-order valence-corrected chi connectivity index (χ1v) is 6.23. The van der Waals surface area contributed by atoms with Crippen molar-refractivity contribution >= 4 is 15.9 Å². The van der Waals surface area contributed by atoms with Gasteiger partial charge < -0.3 is 0 Å². The minimum atomic E-state index is -0.203. The second kappa shape index (κ2) is 4.61. The molecule has 0 N–H and O–H groups in total. The van der Waals surface area contributed by atoms with E-state index < -0.39 is 0 Å². The smallest absolute Gasteiger partial charge is 0.123 e. The van der Waals surface area contributed by atoms with Crippen LogP contribution in [0.1, 0.15) is 22.5 Å². The van der Waals surface area contributed by atoms with Gasteiger partial charge in [0, 0.05) is 0 Å². The molecule has 0 atom stereocenters. The van der Waals surface area contributed by atoms with E-state index in [0.29, 0.717) is 6.54 Å². The third-order valence-electron chi connectivity index (χ3n) is 2.92. The molecule has 1 aromatic carbocycles. The summed E-state index contributed by atoms with van der Waals surface area (Å²) in [5.74, 6) is -0.203. The molecule has 0 saturated heterocycles. The predicted octanol–water partition coefficient (Wildman–Crippen LogP) is 3.76. The van der Waals surface area contributed by atoms with E-state index in [0.717, 1.165) is 27.0 Å². The van der Waals surface area contributed by atoms with Crippen LogP contribution < -0.4 is 0 Å². The summed E-state index contributed by atoms with van der Waals surface area (Å²) >= 11 is 3.49. The summed E-state index contributed by atoms with van der Waals surface area (Å²) in [6.07, 6.45) is 0. The van der Waals surface area contributed by atoms with Crippen LogP contribution in [0.5, 0.6) is 0 Å². The lowest BCUT2D eigenvalue weighted by atomic mass is 10.1. The van der Waals surface area contributed by atoms with Crippen LogP contribution in [-0.4, -0.2) is 9.78 Å². The van der Waals surface area contributed by atoms with Gasteiger partial charge in [-0.2, -0.15) is 5.10 Å². The molecule has 0 radical (unpaired) electrons. The minimum absolute atomic E-state index is 0.203. The Morgan fingerprint density at radius 2 is 2.00 bits per heavy atom. The van der Waals surface area contributed by atoms with Gasteiger partial charge in [0.1, 0.15) is 5.82 Å². The number of benzene rings is 1. The number of hydrogen-bond acceptors (Lipinski definition) is 1. The molecule has 0 saturated carbocycles. The van der Waals surface area contributed by atoms with E-state index in [1.54, 1.807) is 12.1 Å². The van der Waals surface area contributed by atoms with Crippen LogP contribution in [0.25, 0.3) is 0 Å². The predicted molar refractivity (Wildman–Crippen MR) is 69.6 cm³/mol. The van der Waals surface area contributed by atoms with Crippen LogP contribution in [0, 0.1) is 26.6 Å². The van der Waals surface area contributed by atoms with Crippen molar-refractivity contribution in [3.05, 3.63) is 51.0 Å². The first-order chi connectivity index (χ1) is 7.99. The number of halogens is 2. The molecule has 0 fully saturated rings. The molecule has 0 aliphatic carbocycles. The van der Waals surface area contributed by atoms with Gasteiger partial charge in [0.15, 0.2) is 0 Å². The maximum Gasteiger partial charge on any atom is 0.123 e. The van der Waals surface area contributed by atoms with Gasteiger partial charge in [-0.25, -0.2) is 4.39 Å². The highest BCUT2D eigenvalue weighted by Gasteiger charge is 2.10. The molecule has 90 valence electrons. The van der Waals surface area contributed by atoms with Crippen molar-refractivity contribution in [3.63, 3.8) is 0 Å². The third kappa shape index (κ3) is 2.41. The molecular formula is C13H14BrFN2. The highest BCUT2D eigenvalue weighted by Crippen LogP contribution is 2.21. The summed E-state index contributed by atoms with van der Waals surface area (Å²) in [7, 11) is 0. The van der Waals surface area contributed by atoms with Crippen molar-refractivity contribution in [3.8, 4) is 0 Å². The Balaban J connectivity index is 2.37. The van der Waals surface area contributed by atoms with Gasteiger partial charge in [-0.1, -0.05) is 6.07 Å². The van der Waals surface area contributed by atoms with E-state index in [2.05, 4.69) is 21.0 Å². The number of rotatable bonds is 2. The average molecular weight is 297 g/mol. The normalized spacial score (nSPS) is 10.9. The first kappa shape index (κ1) is 12.3.